The second-order valence-corrected chi connectivity index (χ2v) is 3.65. The summed E-state index contributed by atoms with van der Waals surface area (Å²) in [7, 11) is 1.66. The lowest BCUT2D eigenvalue weighted by molar-refractivity contribution is 0.0738. The molecule has 0 aromatic heterocycles. The maximum atomic E-state index is 9.04. The summed E-state index contributed by atoms with van der Waals surface area (Å²) >= 11 is 0. The highest BCUT2D eigenvalue weighted by Crippen LogP contribution is 2.12. The molecule has 0 saturated heterocycles. The molecule has 0 atom stereocenters. The molecule has 1 aromatic rings. The van der Waals surface area contributed by atoms with E-state index in [1.54, 1.807) is 7.11 Å². The number of aliphatic hydroxyl groups excluding tert-OH is 1. The Hall–Kier alpha value is -1.10. The first-order valence-electron chi connectivity index (χ1n) is 5.86. The first kappa shape index (κ1) is 14.0. The summed E-state index contributed by atoms with van der Waals surface area (Å²) in [5, 5.41) is 9.04. The third-order valence-electron chi connectivity index (χ3n) is 2.43. The quantitative estimate of drug-likeness (QED) is 0.656. The molecule has 96 valence electrons. The molecule has 0 aliphatic heterocycles. The first-order valence-corrected chi connectivity index (χ1v) is 5.86. The van der Waals surface area contributed by atoms with Crippen LogP contribution in [0.25, 0.3) is 0 Å². The highest BCUT2D eigenvalue weighted by atomic mass is 16.5. The Morgan fingerprint density at radius 1 is 1.06 bits per heavy atom. The van der Waals surface area contributed by atoms with Crippen LogP contribution in [0.3, 0.4) is 0 Å². The van der Waals surface area contributed by atoms with Crippen molar-refractivity contribution < 1.29 is 14.6 Å². The van der Waals surface area contributed by atoms with E-state index in [0.29, 0.717) is 26.4 Å². The van der Waals surface area contributed by atoms with E-state index < -0.39 is 0 Å². The van der Waals surface area contributed by atoms with E-state index in [1.165, 1.54) is 0 Å². The maximum absolute atomic E-state index is 9.04. The molecule has 1 aromatic carbocycles. The van der Waals surface area contributed by atoms with Gasteiger partial charge in [0.25, 0.3) is 0 Å². The fourth-order valence-electron chi connectivity index (χ4n) is 1.55. The Kier molecular flexibility index (Phi) is 7.38. The number of aliphatic hydroxyl groups is 1. The standard InChI is InChI=1S/C13H21NO3/c1-16-11-12-17-10-8-14(7-9-15)13-5-3-2-4-6-13/h2-6,15H,7-12H2,1H3. The van der Waals surface area contributed by atoms with Crippen LogP contribution >= 0.6 is 0 Å². The Morgan fingerprint density at radius 3 is 2.47 bits per heavy atom. The van der Waals surface area contributed by atoms with E-state index in [0.717, 1.165) is 12.2 Å². The van der Waals surface area contributed by atoms with Crippen molar-refractivity contribution in [1.29, 1.82) is 0 Å². The summed E-state index contributed by atoms with van der Waals surface area (Å²) in [6.45, 7) is 3.40. The summed E-state index contributed by atoms with van der Waals surface area (Å²) < 4.78 is 10.3. The summed E-state index contributed by atoms with van der Waals surface area (Å²) in [4.78, 5) is 2.10. The highest BCUT2D eigenvalue weighted by Gasteiger charge is 2.04. The number of rotatable bonds is 9. The second-order valence-electron chi connectivity index (χ2n) is 3.65. The topological polar surface area (TPSA) is 41.9 Å². The zero-order valence-electron chi connectivity index (χ0n) is 10.3. The molecule has 0 bridgehead atoms. The molecule has 4 heteroatoms. The summed E-state index contributed by atoms with van der Waals surface area (Å²) in [6.07, 6.45) is 0. The van der Waals surface area contributed by atoms with Crippen LogP contribution in [0, 0.1) is 0 Å². The van der Waals surface area contributed by atoms with E-state index in [-0.39, 0.29) is 6.61 Å². The zero-order chi connectivity index (χ0) is 12.3. The van der Waals surface area contributed by atoms with Crippen molar-refractivity contribution in [3.63, 3.8) is 0 Å². The van der Waals surface area contributed by atoms with Gasteiger partial charge in [0, 0.05) is 25.9 Å². The van der Waals surface area contributed by atoms with Crippen molar-refractivity contribution in [2.45, 2.75) is 0 Å². The second kappa shape index (κ2) is 8.98. The highest BCUT2D eigenvalue weighted by molar-refractivity contribution is 5.45. The van der Waals surface area contributed by atoms with Crippen LogP contribution in [0.15, 0.2) is 30.3 Å². The lowest BCUT2D eigenvalue weighted by Crippen LogP contribution is -2.30. The molecular weight excluding hydrogens is 218 g/mol. The Balaban J connectivity index is 2.33. The minimum absolute atomic E-state index is 0.146. The largest absolute Gasteiger partial charge is 0.395 e. The van der Waals surface area contributed by atoms with E-state index in [2.05, 4.69) is 4.90 Å². The van der Waals surface area contributed by atoms with Crippen LogP contribution in [0.2, 0.25) is 0 Å². The van der Waals surface area contributed by atoms with Crippen LogP contribution < -0.4 is 4.90 Å². The molecule has 0 unspecified atom stereocenters. The number of anilines is 1. The third-order valence-corrected chi connectivity index (χ3v) is 2.43. The van der Waals surface area contributed by atoms with Gasteiger partial charge in [0.1, 0.15) is 0 Å². The summed E-state index contributed by atoms with van der Waals surface area (Å²) in [5.41, 5.74) is 1.11. The van der Waals surface area contributed by atoms with Gasteiger partial charge >= 0.3 is 0 Å². The molecular formula is C13H21NO3. The van der Waals surface area contributed by atoms with E-state index in [1.807, 2.05) is 30.3 Å². The number of hydrogen-bond donors (Lipinski definition) is 1. The average molecular weight is 239 g/mol. The van der Waals surface area contributed by atoms with Gasteiger partial charge in [-0.25, -0.2) is 0 Å². The average Bonchev–Trinajstić information content (AvgIpc) is 2.38. The van der Waals surface area contributed by atoms with Crippen LogP contribution in [-0.2, 0) is 9.47 Å². The van der Waals surface area contributed by atoms with Crippen molar-refractivity contribution in [3.8, 4) is 0 Å². The molecule has 0 aliphatic rings. The fourth-order valence-corrected chi connectivity index (χ4v) is 1.55. The fraction of sp³-hybridized carbons (Fsp3) is 0.538. The molecule has 0 heterocycles. The molecule has 0 spiro atoms. The smallest absolute Gasteiger partial charge is 0.0701 e. The van der Waals surface area contributed by atoms with Crippen molar-refractivity contribution in [2.24, 2.45) is 0 Å². The number of para-hydroxylation sites is 1. The van der Waals surface area contributed by atoms with Gasteiger partial charge in [-0.1, -0.05) is 18.2 Å². The predicted octanol–water partition coefficient (Wildman–Crippen LogP) is 1.15. The molecule has 17 heavy (non-hydrogen) atoms. The SMILES string of the molecule is COCCOCCN(CCO)c1ccccc1. The van der Waals surface area contributed by atoms with Crippen LogP contribution in [0.1, 0.15) is 0 Å². The van der Waals surface area contributed by atoms with Crippen molar-refractivity contribution in [3.05, 3.63) is 30.3 Å². The number of benzene rings is 1. The number of ether oxygens (including phenoxy) is 2. The van der Waals surface area contributed by atoms with Gasteiger partial charge in [0.15, 0.2) is 0 Å². The monoisotopic (exact) mass is 239 g/mol. The van der Waals surface area contributed by atoms with Crippen molar-refractivity contribution in [2.75, 3.05) is 51.5 Å². The van der Waals surface area contributed by atoms with E-state index >= 15 is 0 Å². The molecule has 0 aliphatic carbocycles. The third kappa shape index (κ3) is 5.68. The Morgan fingerprint density at radius 2 is 1.82 bits per heavy atom. The predicted molar refractivity (Wildman–Crippen MR) is 68.4 cm³/mol. The lowest BCUT2D eigenvalue weighted by atomic mass is 10.3. The minimum atomic E-state index is 0.146. The molecule has 0 fully saturated rings. The molecule has 0 radical (unpaired) electrons. The van der Waals surface area contributed by atoms with Crippen molar-refractivity contribution in [1.82, 2.24) is 0 Å². The Labute approximate surface area is 103 Å². The van der Waals surface area contributed by atoms with Crippen LogP contribution in [-0.4, -0.2) is 51.7 Å². The van der Waals surface area contributed by atoms with Gasteiger partial charge in [-0.15, -0.1) is 0 Å². The number of nitrogens with zero attached hydrogens (tertiary/aromatic N) is 1. The number of hydrogen-bond acceptors (Lipinski definition) is 4. The molecule has 0 amide bonds. The van der Waals surface area contributed by atoms with Crippen LogP contribution in [0.4, 0.5) is 5.69 Å². The van der Waals surface area contributed by atoms with Gasteiger partial charge in [0.2, 0.25) is 0 Å². The van der Waals surface area contributed by atoms with Gasteiger partial charge in [-0.05, 0) is 12.1 Å². The van der Waals surface area contributed by atoms with E-state index in [4.69, 9.17) is 14.6 Å². The van der Waals surface area contributed by atoms with Crippen LogP contribution in [0.5, 0.6) is 0 Å². The molecule has 1 N–H and O–H groups in total. The van der Waals surface area contributed by atoms with Gasteiger partial charge in [-0.3, -0.25) is 0 Å². The first-order chi connectivity index (χ1) is 8.38. The molecule has 4 nitrogen and oxygen atoms in total. The van der Waals surface area contributed by atoms with Gasteiger partial charge in [-0.2, -0.15) is 0 Å². The summed E-state index contributed by atoms with van der Waals surface area (Å²) in [6, 6.07) is 10.0. The van der Waals surface area contributed by atoms with E-state index in [9.17, 15) is 0 Å². The zero-order valence-corrected chi connectivity index (χ0v) is 10.3. The minimum Gasteiger partial charge on any atom is -0.395 e. The maximum Gasteiger partial charge on any atom is 0.0701 e. The number of methoxy groups -OCH3 is 1. The van der Waals surface area contributed by atoms with Gasteiger partial charge in [0.05, 0.1) is 26.4 Å². The van der Waals surface area contributed by atoms with Gasteiger partial charge < -0.3 is 19.5 Å². The normalized spacial score (nSPS) is 10.5. The molecule has 0 saturated carbocycles. The molecule has 1 rings (SSSR count). The summed E-state index contributed by atoms with van der Waals surface area (Å²) in [5.74, 6) is 0. The lowest BCUT2D eigenvalue weighted by Gasteiger charge is -2.23. The van der Waals surface area contributed by atoms with Crippen molar-refractivity contribution >= 4 is 5.69 Å². The Bertz CT molecular complexity index is 279.